The van der Waals surface area contributed by atoms with E-state index in [1.807, 2.05) is 0 Å². The summed E-state index contributed by atoms with van der Waals surface area (Å²) in [7, 11) is -1.54. The minimum absolute atomic E-state index is 0.0423. The minimum Gasteiger partial charge on any atom is -0.489 e. The van der Waals surface area contributed by atoms with Gasteiger partial charge in [0.05, 0.1) is 5.02 Å². The average Bonchev–Trinajstić information content (AvgIpc) is 2.40. The van der Waals surface area contributed by atoms with Gasteiger partial charge in [0.2, 0.25) is 0 Å². The maximum Gasteiger partial charge on any atom is 0.488 e. The zero-order valence-electron chi connectivity index (χ0n) is 9.88. The van der Waals surface area contributed by atoms with Crippen molar-refractivity contribution in [2.45, 2.75) is 6.61 Å². The summed E-state index contributed by atoms with van der Waals surface area (Å²) in [5, 5.41) is 18.1. The monoisotopic (exact) mass is 280 g/mol. The largest absolute Gasteiger partial charge is 0.489 e. The lowest BCUT2D eigenvalue weighted by atomic mass is 9.80. The third-order valence-corrected chi connectivity index (χ3v) is 2.84. The normalized spacial score (nSPS) is 10.3. The highest BCUT2D eigenvalue weighted by Crippen LogP contribution is 2.17. The molecule has 0 heterocycles. The van der Waals surface area contributed by atoms with Crippen LogP contribution < -0.4 is 10.2 Å². The van der Waals surface area contributed by atoms with Crippen LogP contribution in [-0.2, 0) is 6.61 Å². The Morgan fingerprint density at radius 2 is 1.95 bits per heavy atom. The van der Waals surface area contributed by atoms with Crippen LogP contribution in [0.5, 0.6) is 5.75 Å². The number of halogens is 2. The van der Waals surface area contributed by atoms with Gasteiger partial charge in [0.25, 0.3) is 0 Å². The van der Waals surface area contributed by atoms with Crippen LogP contribution in [0.15, 0.2) is 42.5 Å². The van der Waals surface area contributed by atoms with Crippen molar-refractivity contribution >= 4 is 24.2 Å². The molecule has 2 N–H and O–H groups in total. The second kappa shape index (κ2) is 6.06. The van der Waals surface area contributed by atoms with E-state index < -0.39 is 12.9 Å². The fraction of sp³-hybridized carbons (Fsp3) is 0.0769. The van der Waals surface area contributed by atoms with Crippen molar-refractivity contribution in [1.29, 1.82) is 0 Å². The lowest BCUT2D eigenvalue weighted by Gasteiger charge is -2.08. The van der Waals surface area contributed by atoms with Gasteiger partial charge in [0.1, 0.15) is 18.2 Å². The van der Waals surface area contributed by atoms with Gasteiger partial charge in [-0.05, 0) is 35.3 Å². The number of ether oxygens (including phenoxy) is 1. The van der Waals surface area contributed by atoms with Gasteiger partial charge in [-0.25, -0.2) is 4.39 Å². The second-order valence-corrected chi connectivity index (χ2v) is 4.39. The molecule has 0 unspecified atom stereocenters. The molecular weight excluding hydrogens is 269 g/mol. The van der Waals surface area contributed by atoms with E-state index in [0.717, 1.165) is 5.56 Å². The molecule has 0 saturated carbocycles. The first-order valence-electron chi connectivity index (χ1n) is 5.59. The van der Waals surface area contributed by atoms with Gasteiger partial charge in [-0.3, -0.25) is 0 Å². The van der Waals surface area contributed by atoms with Crippen molar-refractivity contribution in [1.82, 2.24) is 0 Å². The highest BCUT2D eigenvalue weighted by atomic mass is 35.5. The van der Waals surface area contributed by atoms with Crippen LogP contribution in [0.25, 0.3) is 0 Å². The van der Waals surface area contributed by atoms with Gasteiger partial charge >= 0.3 is 7.12 Å². The third-order valence-electron chi connectivity index (χ3n) is 2.55. The fourth-order valence-corrected chi connectivity index (χ4v) is 1.76. The Morgan fingerprint density at radius 1 is 1.16 bits per heavy atom. The Balaban J connectivity index is 2.05. The Hall–Kier alpha value is -1.56. The third kappa shape index (κ3) is 3.70. The van der Waals surface area contributed by atoms with Crippen LogP contribution in [0.1, 0.15) is 5.56 Å². The van der Waals surface area contributed by atoms with E-state index in [-0.39, 0.29) is 11.6 Å². The lowest BCUT2D eigenvalue weighted by Crippen LogP contribution is -2.29. The van der Waals surface area contributed by atoms with Gasteiger partial charge in [-0.1, -0.05) is 29.8 Å². The van der Waals surface area contributed by atoms with Crippen molar-refractivity contribution < 1.29 is 19.2 Å². The van der Waals surface area contributed by atoms with E-state index in [2.05, 4.69) is 0 Å². The molecule has 98 valence electrons. The van der Waals surface area contributed by atoms with E-state index in [1.54, 1.807) is 24.3 Å². The summed E-state index contributed by atoms with van der Waals surface area (Å²) in [4.78, 5) is 0. The molecule has 0 aromatic heterocycles. The molecule has 2 rings (SSSR count). The molecule has 0 aliphatic heterocycles. The van der Waals surface area contributed by atoms with Crippen LogP contribution in [0.2, 0.25) is 5.02 Å². The van der Waals surface area contributed by atoms with E-state index in [0.29, 0.717) is 11.2 Å². The van der Waals surface area contributed by atoms with E-state index in [9.17, 15) is 4.39 Å². The van der Waals surface area contributed by atoms with Crippen LogP contribution >= 0.6 is 11.6 Å². The molecule has 0 aliphatic carbocycles. The molecule has 0 saturated heterocycles. The summed E-state index contributed by atoms with van der Waals surface area (Å²) >= 11 is 5.67. The van der Waals surface area contributed by atoms with Crippen LogP contribution in [0.4, 0.5) is 4.39 Å². The predicted molar refractivity (Wildman–Crippen MR) is 72.0 cm³/mol. The molecule has 0 spiro atoms. The van der Waals surface area contributed by atoms with E-state index in [4.69, 9.17) is 26.4 Å². The lowest BCUT2D eigenvalue weighted by molar-refractivity contribution is 0.306. The molecule has 0 radical (unpaired) electrons. The fourth-order valence-electron chi connectivity index (χ4n) is 1.56. The van der Waals surface area contributed by atoms with Gasteiger partial charge < -0.3 is 14.8 Å². The molecule has 0 bridgehead atoms. The summed E-state index contributed by atoms with van der Waals surface area (Å²) < 4.78 is 18.4. The molecule has 3 nitrogen and oxygen atoms in total. The SMILES string of the molecule is OB(O)c1cccc(OCc2ccc(F)c(Cl)c2)c1. The number of hydrogen-bond acceptors (Lipinski definition) is 3. The first-order chi connectivity index (χ1) is 9.06. The van der Waals surface area contributed by atoms with Crippen LogP contribution in [0.3, 0.4) is 0 Å². The molecule has 19 heavy (non-hydrogen) atoms. The van der Waals surface area contributed by atoms with Crippen molar-refractivity contribution in [2.75, 3.05) is 0 Å². The van der Waals surface area contributed by atoms with E-state index in [1.165, 1.54) is 18.2 Å². The topological polar surface area (TPSA) is 49.7 Å². The second-order valence-electron chi connectivity index (χ2n) is 3.98. The van der Waals surface area contributed by atoms with Crippen molar-refractivity contribution in [2.24, 2.45) is 0 Å². The molecule has 6 heteroatoms. The summed E-state index contributed by atoms with van der Waals surface area (Å²) in [6, 6.07) is 10.8. The molecular formula is C13H11BClFO3. The Kier molecular flexibility index (Phi) is 4.42. The number of benzene rings is 2. The zero-order valence-corrected chi connectivity index (χ0v) is 10.6. The van der Waals surface area contributed by atoms with Crippen molar-refractivity contribution in [3.8, 4) is 5.75 Å². The highest BCUT2D eigenvalue weighted by Gasteiger charge is 2.11. The van der Waals surface area contributed by atoms with Crippen LogP contribution in [0, 0.1) is 5.82 Å². The first-order valence-corrected chi connectivity index (χ1v) is 5.97. The van der Waals surface area contributed by atoms with Gasteiger partial charge in [-0.2, -0.15) is 0 Å². The Bertz CT molecular complexity index is 578. The zero-order chi connectivity index (χ0) is 13.8. The van der Waals surface area contributed by atoms with Crippen LogP contribution in [-0.4, -0.2) is 17.2 Å². The standard InChI is InChI=1S/C13H11BClFO3/c15-12-6-9(4-5-13(12)16)8-19-11-3-1-2-10(7-11)14(17)18/h1-7,17-18H,8H2. The Morgan fingerprint density at radius 3 is 2.63 bits per heavy atom. The molecule has 0 atom stereocenters. The number of hydrogen-bond donors (Lipinski definition) is 2. The first kappa shape index (κ1) is 13.9. The summed E-state index contributed by atoms with van der Waals surface area (Å²) in [5.41, 5.74) is 1.07. The Labute approximate surface area is 115 Å². The highest BCUT2D eigenvalue weighted by molar-refractivity contribution is 6.58. The molecule has 0 aliphatic rings. The summed E-state index contributed by atoms with van der Waals surface area (Å²) in [6.07, 6.45) is 0. The van der Waals surface area contributed by atoms with Gasteiger partial charge in [0.15, 0.2) is 0 Å². The smallest absolute Gasteiger partial charge is 0.488 e. The van der Waals surface area contributed by atoms with Crippen molar-refractivity contribution in [3.05, 3.63) is 58.9 Å². The summed E-state index contributed by atoms with van der Waals surface area (Å²) in [5.74, 6) is 0.0156. The average molecular weight is 280 g/mol. The molecule has 2 aromatic rings. The quantitative estimate of drug-likeness (QED) is 0.839. The van der Waals surface area contributed by atoms with Gasteiger partial charge in [-0.15, -0.1) is 0 Å². The predicted octanol–water partition coefficient (Wildman–Crippen LogP) is 1.74. The molecule has 0 amide bonds. The maximum atomic E-state index is 13.0. The van der Waals surface area contributed by atoms with Gasteiger partial charge in [0, 0.05) is 0 Å². The minimum atomic E-state index is -1.54. The molecule has 2 aromatic carbocycles. The van der Waals surface area contributed by atoms with E-state index >= 15 is 0 Å². The maximum absolute atomic E-state index is 13.0. The summed E-state index contributed by atoms with van der Waals surface area (Å²) in [6.45, 7) is 0.213. The van der Waals surface area contributed by atoms with Crippen molar-refractivity contribution in [3.63, 3.8) is 0 Å². The molecule has 0 fully saturated rings. The number of rotatable bonds is 4.